The summed E-state index contributed by atoms with van der Waals surface area (Å²) in [7, 11) is 1.43. The molecule has 1 aromatic heterocycles. The van der Waals surface area contributed by atoms with E-state index >= 15 is 0 Å². The van der Waals surface area contributed by atoms with Crippen LogP contribution in [0.4, 0.5) is 17.1 Å². The largest absolute Gasteiger partial charge is 0.494 e. The Hall–Kier alpha value is -2.74. The van der Waals surface area contributed by atoms with Crippen molar-refractivity contribution in [2.75, 3.05) is 17.7 Å². The second-order valence-corrected chi connectivity index (χ2v) is 4.37. The number of nitro groups is 1. The molecule has 2 N–H and O–H groups in total. The van der Waals surface area contributed by atoms with Gasteiger partial charge in [-0.3, -0.25) is 15.1 Å². The van der Waals surface area contributed by atoms with Crippen LogP contribution in [0.2, 0.25) is 0 Å². The molecule has 0 amide bonds. The van der Waals surface area contributed by atoms with Crippen LogP contribution in [-0.4, -0.2) is 22.1 Å². The summed E-state index contributed by atoms with van der Waals surface area (Å²) >= 11 is 5.17. The zero-order valence-electron chi connectivity index (χ0n) is 11.1. The number of thiocarbonyl (C=S) groups is 1. The molecule has 0 saturated heterocycles. The molecule has 21 heavy (non-hydrogen) atoms. The highest BCUT2D eigenvalue weighted by Crippen LogP contribution is 2.29. The van der Waals surface area contributed by atoms with E-state index in [9.17, 15) is 10.1 Å². The average molecular weight is 304 g/mol. The maximum atomic E-state index is 10.7. The van der Waals surface area contributed by atoms with Gasteiger partial charge in [0.05, 0.1) is 35.7 Å². The average Bonchev–Trinajstić information content (AvgIpc) is 2.48. The van der Waals surface area contributed by atoms with Gasteiger partial charge in [-0.25, -0.2) is 0 Å². The predicted molar refractivity (Wildman–Crippen MR) is 83.7 cm³/mol. The lowest BCUT2D eigenvalue weighted by Crippen LogP contribution is -2.19. The monoisotopic (exact) mass is 304 g/mol. The summed E-state index contributed by atoms with van der Waals surface area (Å²) in [5.41, 5.74) is 1.21. The normalized spacial score (nSPS) is 9.76. The first-order valence-corrected chi connectivity index (χ1v) is 6.31. The standard InChI is InChI=1S/C13H12N4O3S/c1-20-12-7-10(17(18)19)4-5-11(12)16-13(21)15-9-3-2-6-14-8-9/h2-8H,1H3,(H2,15,16,21). The number of benzene rings is 1. The lowest BCUT2D eigenvalue weighted by atomic mass is 10.2. The molecule has 0 unspecified atom stereocenters. The number of nitrogens with one attached hydrogen (secondary N) is 2. The van der Waals surface area contributed by atoms with Crippen molar-refractivity contribution in [3.05, 3.63) is 52.8 Å². The Kier molecular flexibility index (Phi) is 4.62. The zero-order valence-corrected chi connectivity index (χ0v) is 11.9. The molecule has 0 fully saturated rings. The Morgan fingerprint density at radius 1 is 1.38 bits per heavy atom. The van der Waals surface area contributed by atoms with Gasteiger partial charge in [0, 0.05) is 12.3 Å². The number of anilines is 2. The quantitative estimate of drug-likeness (QED) is 0.510. The number of aromatic nitrogens is 1. The molecular weight excluding hydrogens is 292 g/mol. The van der Waals surface area contributed by atoms with E-state index in [-0.39, 0.29) is 5.69 Å². The van der Waals surface area contributed by atoms with E-state index in [2.05, 4.69) is 15.6 Å². The van der Waals surface area contributed by atoms with Crippen LogP contribution < -0.4 is 15.4 Å². The smallest absolute Gasteiger partial charge is 0.273 e. The number of ether oxygens (including phenoxy) is 1. The number of methoxy groups -OCH3 is 1. The van der Waals surface area contributed by atoms with Gasteiger partial charge in [-0.05, 0) is 30.4 Å². The van der Waals surface area contributed by atoms with Gasteiger partial charge in [0.2, 0.25) is 0 Å². The van der Waals surface area contributed by atoms with E-state index in [1.165, 1.54) is 25.3 Å². The summed E-state index contributed by atoms with van der Waals surface area (Å²) in [6, 6.07) is 7.83. The first-order valence-electron chi connectivity index (χ1n) is 5.90. The zero-order chi connectivity index (χ0) is 15.2. The number of non-ortho nitro benzene ring substituents is 1. The van der Waals surface area contributed by atoms with Crippen LogP contribution in [0.3, 0.4) is 0 Å². The fourth-order valence-corrected chi connectivity index (χ4v) is 1.85. The van der Waals surface area contributed by atoms with E-state index in [1.807, 2.05) is 6.07 Å². The second kappa shape index (κ2) is 6.62. The Labute approximate surface area is 126 Å². The van der Waals surface area contributed by atoms with Crippen molar-refractivity contribution in [2.45, 2.75) is 0 Å². The molecule has 1 heterocycles. The molecule has 0 bridgehead atoms. The van der Waals surface area contributed by atoms with Crippen LogP contribution in [-0.2, 0) is 0 Å². The Morgan fingerprint density at radius 3 is 2.81 bits per heavy atom. The highest BCUT2D eigenvalue weighted by molar-refractivity contribution is 7.80. The number of hydrogen-bond donors (Lipinski definition) is 2. The third-order valence-electron chi connectivity index (χ3n) is 2.56. The molecule has 0 aliphatic carbocycles. The van der Waals surface area contributed by atoms with Crippen LogP contribution in [0, 0.1) is 10.1 Å². The molecule has 0 aliphatic heterocycles. The summed E-state index contributed by atoms with van der Waals surface area (Å²) in [5, 5.41) is 16.9. The fraction of sp³-hybridized carbons (Fsp3) is 0.0769. The first kappa shape index (κ1) is 14.7. The minimum Gasteiger partial charge on any atom is -0.494 e. The van der Waals surface area contributed by atoms with Crippen molar-refractivity contribution in [3.63, 3.8) is 0 Å². The van der Waals surface area contributed by atoms with Crippen molar-refractivity contribution < 1.29 is 9.66 Å². The van der Waals surface area contributed by atoms with E-state index in [1.54, 1.807) is 18.5 Å². The highest BCUT2D eigenvalue weighted by Gasteiger charge is 2.12. The molecule has 0 atom stereocenters. The lowest BCUT2D eigenvalue weighted by Gasteiger charge is -2.13. The number of nitro benzene ring substituents is 1. The van der Waals surface area contributed by atoms with E-state index in [0.29, 0.717) is 16.5 Å². The molecule has 0 radical (unpaired) electrons. The van der Waals surface area contributed by atoms with E-state index in [0.717, 1.165) is 5.69 Å². The molecular formula is C13H12N4O3S. The molecule has 2 aromatic rings. The molecule has 108 valence electrons. The molecule has 8 heteroatoms. The Bertz CT molecular complexity index is 664. The van der Waals surface area contributed by atoms with E-state index in [4.69, 9.17) is 17.0 Å². The Balaban J connectivity index is 2.12. The molecule has 7 nitrogen and oxygen atoms in total. The van der Waals surface area contributed by atoms with Gasteiger partial charge >= 0.3 is 0 Å². The summed E-state index contributed by atoms with van der Waals surface area (Å²) in [6.45, 7) is 0. The maximum absolute atomic E-state index is 10.7. The van der Waals surface area contributed by atoms with Crippen LogP contribution >= 0.6 is 12.2 Å². The number of hydrogen-bond acceptors (Lipinski definition) is 5. The van der Waals surface area contributed by atoms with Crippen molar-refractivity contribution in [3.8, 4) is 5.75 Å². The van der Waals surface area contributed by atoms with Crippen molar-refractivity contribution in [1.29, 1.82) is 0 Å². The van der Waals surface area contributed by atoms with Crippen molar-refractivity contribution >= 4 is 34.4 Å². The van der Waals surface area contributed by atoms with Crippen LogP contribution in [0.5, 0.6) is 5.75 Å². The third-order valence-corrected chi connectivity index (χ3v) is 2.77. The SMILES string of the molecule is COc1cc([N+](=O)[O-])ccc1NC(=S)Nc1cccnc1. The van der Waals surface area contributed by atoms with Crippen LogP contribution in [0.1, 0.15) is 0 Å². The van der Waals surface area contributed by atoms with Gasteiger partial charge in [0.25, 0.3) is 5.69 Å². The summed E-state index contributed by atoms with van der Waals surface area (Å²) in [6.07, 6.45) is 3.28. The molecule has 1 aromatic carbocycles. The highest BCUT2D eigenvalue weighted by atomic mass is 32.1. The minimum atomic E-state index is -0.488. The van der Waals surface area contributed by atoms with Gasteiger partial charge < -0.3 is 15.4 Å². The van der Waals surface area contributed by atoms with Crippen molar-refractivity contribution in [1.82, 2.24) is 4.98 Å². The lowest BCUT2D eigenvalue weighted by molar-refractivity contribution is -0.384. The summed E-state index contributed by atoms with van der Waals surface area (Å²) < 4.78 is 5.12. The first-order chi connectivity index (χ1) is 10.1. The summed E-state index contributed by atoms with van der Waals surface area (Å²) in [4.78, 5) is 14.2. The number of nitrogens with zero attached hydrogens (tertiary/aromatic N) is 2. The molecule has 0 aliphatic rings. The summed E-state index contributed by atoms with van der Waals surface area (Å²) in [5.74, 6) is 0.333. The second-order valence-electron chi connectivity index (χ2n) is 3.96. The topological polar surface area (TPSA) is 89.3 Å². The van der Waals surface area contributed by atoms with Gasteiger partial charge in [-0.15, -0.1) is 0 Å². The molecule has 0 spiro atoms. The molecule has 0 saturated carbocycles. The van der Waals surface area contributed by atoms with Gasteiger partial charge in [-0.2, -0.15) is 0 Å². The Morgan fingerprint density at radius 2 is 2.19 bits per heavy atom. The number of rotatable bonds is 4. The van der Waals surface area contributed by atoms with Gasteiger partial charge in [0.15, 0.2) is 5.11 Å². The maximum Gasteiger partial charge on any atom is 0.273 e. The molecule has 2 rings (SSSR count). The van der Waals surface area contributed by atoms with Gasteiger partial charge in [-0.1, -0.05) is 0 Å². The minimum absolute atomic E-state index is 0.0523. The number of pyridine rings is 1. The fourth-order valence-electron chi connectivity index (χ4n) is 1.62. The van der Waals surface area contributed by atoms with E-state index < -0.39 is 4.92 Å². The van der Waals surface area contributed by atoms with Crippen LogP contribution in [0.25, 0.3) is 0 Å². The third kappa shape index (κ3) is 3.86. The predicted octanol–water partition coefficient (Wildman–Crippen LogP) is 2.81. The van der Waals surface area contributed by atoms with Crippen molar-refractivity contribution in [2.24, 2.45) is 0 Å². The van der Waals surface area contributed by atoms with Crippen LogP contribution in [0.15, 0.2) is 42.7 Å². The van der Waals surface area contributed by atoms with Gasteiger partial charge in [0.1, 0.15) is 5.75 Å².